The number of carbonyl (C=O) groups is 1. The quantitative estimate of drug-likeness (QED) is 0.680. The van der Waals surface area contributed by atoms with Crippen LogP contribution in [0.2, 0.25) is 0 Å². The van der Waals surface area contributed by atoms with E-state index < -0.39 is 0 Å². The van der Waals surface area contributed by atoms with Crippen molar-refractivity contribution in [1.29, 1.82) is 0 Å². The lowest BCUT2D eigenvalue weighted by atomic mass is 10.1. The summed E-state index contributed by atoms with van der Waals surface area (Å²) < 4.78 is 1.73. The maximum Gasteiger partial charge on any atom is 0.259 e. The van der Waals surface area contributed by atoms with Crippen LogP contribution in [0.3, 0.4) is 0 Å². The molecule has 2 aromatic rings. The lowest BCUT2D eigenvalue weighted by molar-refractivity contribution is 0.0980. The molecule has 0 N–H and O–H groups in total. The smallest absolute Gasteiger partial charge is 0.259 e. The fraction of sp³-hybridized carbons (Fsp3) is 0.188. The van der Waals surface area contributed by atoms with E-state index in [4.69, 9.17) is 0 Å². The van der Waals surface area contributed by atoms with Gasteiger partial charge in [-0.15, -0.1) is 0 Å². The fourth-order valence-corrected chi connectivity index (χ4v) is 3.44. The van der Waals surface area contributed by atoms with Crippen LogP contribution < -0.4 is 4.90 Å². The van der Waals surface area contributed by atoms with Crippen LogP contribution in [0.5, 0.6) is 0 Å². The predicted molar refractivity (Wildman–Crippen MR) is 88.3 cm³/mol. The van der Waals surface area contributed by atoms with Gasteiger partial charge in [0.2, 0.25) is 0 Å². The van der Waals surface area contributed by atoms with E-state index in [2.05, 4.69) is 44.8 Å². The molecule has 0 aromatic heterocycles. The molecule has 1 amide bonds. The van der Waals surface area contributed by atoms with E-state index >= 15 is 0 Å². The van der Waals surface area contributed by atoms with Gasteiger partial charge in [-0.3, -0.25) is 4.79 Å². The normalized spacial score (nSPS) is 17.1. The minimum atomic E-state index is 0.0376. The van der Waals surface area contributed by atoms with Crippen molar-refractivity contribution in [3.8, 4) is 0 Å². The Balaban J connectivity index is 2.05. The topological polar surface area (TPSA) is 20.3 Å². The first-order valence-corrected chi connectivity index (χ1v) is 8.03. The number of rotatable bonds is 1. The number of halogens is 2. The molecule has 0 saturated heterocycles. The van der Waals surface area contributed by atoms with E-state index in [-0.39, 0.29) is 11.9 Å². The second-order valence-electron chi connectivity index (χ2n) is 4.98. The van der Waals surface area contributed by atoms with E-state index in [0.717, 1.165) is 21.1 Å². The molecular formula is C16H13Br2NO. The first-order chi connectivity index (χ1) is 9.58. The zero-order valence-corrected chi connectivity index (χ0v) is 14.1. The Labute approximate surface area is 135 Å². The molecule has 1 aliphatic rings. The summed E-state index contributed by atoms with van der Waals surface area (Å²) in [5, 5.41) is 0. The predicted octanol–water partition coefficient (Wildman–Crippen LogP) is 4.80. The Kier molecular flexibility index (Phi) is 3.69. The van der Waals surface area contributed by atoms with E-state index in [1.54, 1.807) is 0 Å². The number of amides is 1. The highest BCUT2D eigenvalue weighted by Crippen LogP contribution is 2.34. The first-order valence-electron chi connectivity index (χ1n) is 6.44. The lowest BCUT2D eigenvalue weighted by Gasteiger charge is -2.23. The van der Waals surface area contributed by atoms with Crippen molar-refractivity contribution in [2.75, 3.05) is 4.90 Å². The molecule has 0 fully saturated rings. The molecule has 0 spiro atoms. The molecule has 1 heterocycles. The highest BCUT2D eigenvalue weighted by molar-refractivity contribution is 9.11. The van der Waals surface area contributed by atoms with Gasteiger partial charge >= 0.3 is 0 Å². The van der Waals surface area contributed by atoms with Gasteiger partial charge in [0.25, 0.3) is 5.91 Å². The Hall–Kier alpha value is -1.13. The Morgan fingerprint density at radius 1 is 1.20 bits per heavy atom. The molecule has 4 heteroatoms. The van der Waals surface area contributed by atoms with Crippen LogP contribution in [-0.4, -0.2) is 11.9 Å². The van der Waals surface area contributed by atoms with Gasteiger partial charge in [-0.2, -0.15) is 0 Å². The monoisotopic (exact) mass is 393 g/mol. The highest BCUT2D eigenvalue weighted by atomic mass is 79.9. The van der Waals surface area contributed by atoms with Crippen LogP contribution in [0, 0.1) is 0 Å². The third kappa shape index (κ3) is 2.31. The highest BCUT2D eigenvalue weighted by Gasteiger charge is 2.31. The molecule has 20 heavy (non-hydrogen) atoms. The summed E-state index contributed by atoms with van der Waals surface area (Å²) in [4.78, 5) is 14.8. The molecular weight excluding hydrogens is 382 g/mol. The average Bonchev–Trinajstić information content (AvgIpc) is 2.76. The third-order valence-electron chi connectivity index (χ3n) is 3.58. The van der Waals surface area contributed by atoms with E-state index in [0.29, 0.717) is 5.56 Å². The minimum Gasteiger partial charge on any atom is -0.305 e. The second kappa shape index (κ2) is 5.34. The Bertz CT molecular complexity index is 684. The van der Waals surface area contributed by atoms with E-state index in [9.17, 15) is 4.79 Å². The van der Waals surface area contributed by atoms with Crippen LogP contribution >= 0.6 is 31.9 Å². The van der Waals surface area contributed by atoms with Crippen molar-refractivity contribution < 1.29 is 4.79 Å². The molecule has 102 valence electrons. The van der Waals surface area contributed by atoms with Gasteiger partial charge < -0.3 is 4.90 Å². The third-order valence-corrected chi connectivity index (χ3v) is 4.77. The fourth-order valence-electron chi connectivity index (χ4n) is 2.67. The van der Waals surface area contributed by atoms with Crippen LogP contribution in [0.4, 0.5) is 5.69 Å². The molecule has 1 unspecified atom stereocenters. The molecule has 0 bridgehead atoms. The summed E-state index contributed by atoms with van der Waals surface area (Å²) in [7, 11) is 0. The average molecular weight is 395 g/mol. The van der Waals surface area contributed by atoms with Crippen molar-refractivity contribution in [3.05, 3.63) is 62.5 Å². The van der Waals surface area contributed by atoms with Crippen LogP contribution in [0.15, 0.2) is 51.4 Å². The molecule has 1 atom stereocenters. The number of hydrogen-bond acceptors (Lipinski definition) is 1. The Morgan fingerprint density at radius 2 is 1.95 bits per heavy atom. The van der Waals surface area contributed by atoms with Gasteiger partial charge in [-0.1, -0.05) is 34.1 Å². The van der Waals surface area contributed by atoms with Crippen molar-refractivity contribution in [2.45, 2.75) is 19.4 Å². The maximum absolute atomic E-state index is 12.9. The number of fused-ring (bicyclic) bond motifs is 1. The Morgan fingerprint density at radius 3 is 2.75 bits per heavy atom. The second-order valence-corrected chi connectivity index (χ2v) is 6.75. The zero-order chi connectivity index (χ0) is 14.3. The summed E-state index contributed by atoms with van der Waals surface area (Å²) in [6.07, 6.45) is 0.910. The molecule has 2 aromatic carbocycles. The summed E-state index contributed by atoms with van der Waals surface area (Å²) in [5.74, 6) is 0.0376. The number of anilines is 1. The number of para-hydroxylation sites is 1. The zero-order valence-electron chi connectivity index (χ0n) is 10.9. The van der Waals surface area contributed by atoms with Crippen LogP contribution in [0.25, 0.3) is 0 Å². The van der Waals surface area contributed by atoms with Gasteiger partial charge in [-0.25, -0.2) is 0 Å². The lowest BCUT2D eigenvalue weighted by Crippen LogP contribution is -2.35. The molecule has 3 rings (SSSR count). The van der Waals surface area contributed by atoms with Crippen molar-refractivity contribution in [1.82, 2.24) is 0 Å². The summed E-state index contributed by atoms with van der Waals surface area (Å²) >= 11 is 6.90. The molecule has 0 saturated carbocycles. The molecule has 0 radical (unpaired) electrons. The standard InChI is InChI=1S/C16H13Br2NO/c1-10-8-11-4-2-3-5-15(11)19(10)16(20)13-9-12(17)6-7-14(13)18/h2-7,9-10H,8H2,1H3. The SMILES string of the molecule is CC1Cc2ccccc2N1C(=O)c1cc(Br)ccc1Br. The van der Waals surface area contributed by atoms with Gasteiger partial charge in [0, 0.05) is 20.7 Å². The van der Waals surface area contributed by atoms with Crippen LogP contribution in [0.1, 0.15) is 22.8 Å². The van der Waals surface area contributed by atoms with Crippen molar-refractivity contribution in [3.63, 3.8) is 0 Å². The summed E-state index contributed by atoms with van der Waals surface area (Å²) in [6, 6.07) is 14.0. The minimum absolute atomic E-state index is 0.0376. The van der Waals surface area contributed by atoms with E-state index in [1.165, 1.54) is 5.56 Å². The first kappa shape index (κ1) is 13.8. The van der Waals surface area contributed by atoms with Crippen molar-refractivity contribution >= 4 is 43.5 Å². The molecule has 2 nitrogen and oxygen atoms in total. The van der Waals surface area contributed by atoms with Gasteiger partial charge in [0.1, 0.15) is 0 Å². The van der Waals surface area contributed by atoms with Crippen LogP contribution in [-0.2, 0) is 6.42 Å². The number of nitrogens with zero attached hydrogens (tertiary/aromatic N) is 1. The molecule has 1 aliphatic heterocycles. The van der Waals surface area contributed by atoms with Crippen molar-refractivity contribution in [2.24, 2.45) is 0 Å². The number of hydrogen-bond donors (Lipinski definition) is 0. The van der Waals surface area contributed by atoms with Gasteiger partial charge in [-0.05, 0) is 59.1 Å². The largest absolute Gasteiger partial charge is 0.305 e. The van der Waals surface area contributed by atoms with Gasteiger partial charge in [0.15, 0.2) is 0 Å². The maximum atomic E-state index is 12.9. The molecule has 0 aliphatic carbocycles. The van der Waals surface area contributed by atoms with E-state index in [1.807, 2.05) is 41.3 Å². The number of carbonyl (C=O) groups excluding carboxylic acids is 1. The summed E-state index contributed by atoms with van der Waals surface area (Å²) in [6.45, 7) is 2.09. The van der Waals surface area contributed by atoms with Gasteiger partial charge in [0.05, 0.1) is 5.56 Å². The summed E-state index contributed by atoms with van der Waals surface area (Å²) in [5.41, 5.74) is 2.94. The number of benzene rings is 2.